The summed E-state index contributed by atoms with van der Waals surface area (Å²) >= 11 is 10.4. The Hall–Kier alpha value is -6.35. The molecule has 0 saturated carbocycles. The number of nitrogens with one attached hydrogen (secondary N) is 2. The highest BCUT2D eigenvalue weighted by molar-refractivity contribution is 9.11. The van der Waals surface area contributed by atoms with Crippen LogP contribution in [0.1, 0.15) is 39.7 Å². The van der Waals surface area contributed by atoms with E-state index in [1.54, 1.807) is 6.07 Å². The van der Waals surface area contributed by atoms with Crippen molar-refractivity contribution in [2.45, 2.75) is 32.9 Å². The number of halogens is 6. The molecule has 0 unspecified atom stereocenters. The van der Waals surface area contributed by atoms with Crippen LogP contribution in [-0.4, -0.2) is 39.9 Å². The van der Waals surface area contributed by atoms with Gasteiger partial charge in [-0.05, 0) is 136 Å². The zero-order valence-electron chi connectivity index (χ0n) is 34.7. The normalized spacial score (nSPS) is 11.5. The molecule has 0 aliphatic rings. The van der Waals surface area contributed by atoms with Crippen molar-refractivity contribution in [3.8, 4) is 45.3 Å². The Morgan fingerprint density at radius 3 is 1.43 bits per heavy atom. The standard InChI is InChI=1S/C26H18BrF3N4.C25H18Br2N4/c1-15-8-9-17-14-18(10-11-20(17)31-15)24-25(21-6-3-7-22(27)32-21)34-23(33-24)13-16-4-2-5-19(12-16)26(28,29)30;1-15-8-9-17-14-18(10-11-20(17)28-15)24-25(21-6-3-7-22(27)29-21)31-23(30-24)13-16-4-2-5-19(26)12-16/h2-12,14H,13H2,1H3,(H,33,34);2-12,14H,13H2,1H3,(H,30,31). The smallest absolute Gasteiger partial charge is 0.340 e. The maximum atomic E-state index is 13.2. The number of imidazole rings is 2. The molecule has 0 atom stereocenters. The summed E-state index contributed by atoms with van der Waals surface area (Å²) in [7, 11) is 0. The van der Waals surface area contributed by atoms with Crippen LogP contribution in [0.3, 0.4) is 0 Å². The van der Waals surface area contributed by atoms with Crippen LogP contribution >= 0.6 is 47.8 Å². The quantitative estimate of drug-likeness (QED) is 0.147. The lowest BCUT2D eigenvalue weighted by Crippen LogP contribution is -2.05. The fraction of sp³-hybridized carbons (Fsp3) is 0.0980. The Bertz CT molecular complexity index is 3360. The van der Waals surface area contributed by atoms with Crippen LogP contribution < -0.4 is 0 Å². The second kappa shape index (κ2) is 18.6. The number of aromatic nitrogens is 8. The van der Waals surface area contributed by atoms with E-state index < -0.39 is 11.7 Å². The lowest BCUT2D eigenvalue weighted by atomic mass is 10.1. The van der Waals surface area contributed by atoms with E-state index in [-0.39, 0.29) is 6.42 Å². The number of hydrogen-bond acceptors (Lipinski definition) is 6. The first-order chi connectivity index (χ1) is 31.3. The summed E-state index contributed by atoms with van der Waals surface area (Å²) in [5.74, 6) is 1.44. The van der Waals surface area contributed by atoms with Gasteiger partial charge in [0.25, 0.3) is 0 Å². The number of H-pyrrole nitrogens is 2. The molecule has 0 bridgehead atoms. The van der Waals surface area contributed by atoms with Crippen molar-refractivity contribution in [1.82, 2.24) is 39.9 Å². The van der Waals surface area contributed by atoms with E-state index >= 15 is 0 Å². The van der Waals surface area contributed by atoms with Crippen LogP contribution in [0.5, 0.6) is 0 Å². The molecule has 10 rings (SSSR count). The number of nitrogens with zero attached hydrogens (tertiary/aromatic N) is 6. The molecular formula is C51H36Br3F3N8. The fourth-order valence-electron chi connectivity index (χ4n) is 7.54. The summed E-state index contributed by atoms with van der Waals surface area (Å²) in [6.07, 6.45) is -3.47. The average Bonchev–Trinajstić information content (AvgIpc) is 3.91. The zero-order chi connectivity index (χ0) is 45.2. The van der Waals surface area contributed by atoms with E-state index in [9.17, 15) is 13.2 Å². The molecule has 0 amide bonds. The molecule has 65 heavy (non-hydrogen) atoms. The molecular weight excluding hydrogens is 1020 g/mol. The van der Waals surface area contributed by atoms with Crippen molar-refractivity contribution >= 4 is 69.6 Å². The minimum Gasteiger partial charge on any atom is -0.340 e. The van der Waals surface area contributed by atoms with Gasteiger partial charge in [-0.25, -0.2) is 19.9 Å². The van der Waals surface area contributed by atoms with Crippen LogP contribution in [0.2, 0.25) is 0 Å². The predicted octanol–water partition coefficient (Wildman–Crippen LogP) is 14.5. The molecule has 0 radical (unpaired) electrons. The Balaban J connectivity index is 0.000000165. The fourth-order valence-corrected chi connectivity index (χ4v) is 8.67. The van der Waals surface area contributed by atoms with Gasteiger partial charge in [0.1, 0.15) is 20.9 Å². The van der Waals surface area contributed by atoms with Crippen molar-refractivity contribution in [1.29, 1.82) is 0 Å². The third kappa shape index (κ3) is 10.3. The monoisotopic (exact) mass is 1050 g/mol. The number of benzene rings is 4. The van der Waals surface area contributed by atoms with Gasteiger partial charge in [0.2, 0.25) is 0 Å². The van der Waals surface area contributed by atoms with Gasteiger partial charge in [0, 0.05) is 50.6 Å². The van der Waals surface area contributed by atoms with Crippen molar-refractivity contribution in [2.24, 2.45) is 0 Å². The predicted molar refractivity (Wildman–Crippen MR) is 261 cm³/mol. The molecule has 8 nitrogen and oxygen atoms in total. The highest BCUT2D eigenvalue weighted by Gasteiger charge is 2.30. The largest absolute Gasteiger partial charge is 0.416 e. The highest BCUT2D eigenvalue weighted by Crippen LogP contribution is 2.35. The number of aryl methyl sites for hydroxylation is 2. The van der Waals surface area contributed by atoms with Gasteiger partial charge < -0.3 is 9.97 Å². The molecule has 6 heterocycles. The number of pyridine rings is 4. The molecule has 0 fully saturated rings. The summed E-state index contributed by atoms with van der Waals surface area (Å²) in [4.78, 5) is 35.0. The zero-order valence-corrected chi connectivity index (χ0v) is 39.5. The second-order valence-electron chi connectivity index (χ2n) is 15.4. The minimum atomic E-state index is -4.40. The summed E-state index contributed by atoms with van der Waals surface area (Å²) < 4.78 is 42.0. The van der Waals surface area contributed by atoms with E-state index in [1.807, 2.05) is 98.8 Å². The van der Waals surface area contributed by atoms with Gasteiger partial charge in [0.05, 0.1) is 50.8 Å². The van der Waals surface area contributed by atoms with Crippen molar-refractivity contribution in [2.75, 3.05) is 0 Å². The Morgan fingerprint density at radius 2 is 0.954 bits per heavy atom. The number of hydrogen-bond donors (Lipinski definition) is 2. The third-order valence-corrected chi connectivity index (χ3v) is 11.9. The average molecular weight is 1060 g/mol. The lowest BCUT2D eigenvalue weighted by molar-refractivity contribution is -0.137. The number of alkyl halides is 3. The van der Waals surface area contributed by atoms with Gasteiger partial charge in [-0.2, -0.15) is 13.2 Å². The maximum absolute atomic E-state index is 13.2. The topological polar surface area (TPSA) is 109 Å². The summed E-state index contributed by atoms with van der Waals surface area (Å²) in [5.41, 5.74) is 11.4. The highest BCUT2D eigenvalue weighted by atomic mass is 79.9. The molecule has 2 N–H and O–H groups in total. The number of rotatable bonds is 8. The van der Waals surface area contributed by atoms with Crippen molar-refractivity contribution in [3.05, 3.63) is 199 Å². The molecule has 4 aromatic carbocycles. The Labute approximate surface area is 397 Å². The molecule has 0 spiro atoms. The molecule has 6 aromatic heterocycles. The SMILES string of the molecule is Cc1ccc2cc(-c3nc(Cc4cccc(Br)c4)[nH]c3-c3cccc(Br)n3)ccc2n1.Cc1ccc2cc(-c3nc(Cc4cccc(C(F)(F)F)c4)[nH]c3-c3cccc(Br)n3)ccc2n1. The number of fused-ring (bicyclic) bond motifs is 2. The first kappa shape index (κ1) is 43.9. The first-order valence-corrected chi connectivity index (χ1v) is 22.8. The second-order valence-corrected chi connectivity index (χ2v) is 17.9. The van der Waals surface area contributed by atoms with Crippen LogP contribution in [0.15, 0.2) is 159 Å². The Kier molecular flexibility index (Phi) is 12.6. The first-order valence-electron chi connectivity index (χ1n) is 20.4. The number of aromatic amines is 2. The molecule has 0 aliphatic carbocycles. The van der Waals surface area contributed by atoms with E-state index in [4.69, 9.17) is 9.97 Å². The maximum Gasteiger partial charge on any atom is 0.416 e. The van der Waals surface area contributed by atoms with Crippen LogP contribution in [0, 0.1) is 13.8 Å². The van der Waals surface area contributed by atoms with Crippen molar-refractivity contribution < 1.29 is 13.2 Å². The molecule has 0 saturated heterocycles. The summed E-state index contributed by atoms with van der Waals surface area (Å²) in [6.45, 7) is 3.95. The van der Waals surface area contributed by atoms with E-state index in [0.29, 0.717) is 39.5 Å². The lowest BCUT2D eigenvalue weighted by Gasteiger charge is -2.07. The van der Waals surface area contributed by atoms with Crippen LogP contribution in [-0.2, 0) is 19.0 Å². The molecule has 14 heteroatoms. The summed E-state index contributed by atoms with van der Waals surface area (Å²) in [6, 6.07) is 45.3. The third-order valence-electron chi connectivity index (χ3n) is 10.5. The van der Waals surface area contributed by atoms with E-state index in [1.165, 1.54) is 11.6 Å². The van der Waals surface area contributed by atoms with Gasteiger partial charge in [0.15, 0.2) is 0 Å². The Morgan fingerprint density at radius 1 is 0.477 bits per heavy atom. The molecule has 0 aliphatic heterocycles. The van der Waals surface area contributed by atoms with Crippen molar-refractivity contribution in [3.63, 3.8) is 0 Å². The van der Waals surface area contributed by atoms with Crippen LogP contribution in [0.25, 0.3) is 67.1 Å². The van der Waals surface area contributed by atoms with E-state index in [0.717, 1.165) is 88.4 Å². The van der Waals surface area contributed by atoms with E-state index in [2.05, 4.69) is 114 Å². The van der Waals surface area contributed by atoms with Gasteiger partial charge in [-0.15, -0.1) is 0 Å². The van der Waals surface area contributed by atoms with Gasteiger partial charge in [-0.1, -0.05) is 82.7 Å². The van der Waals surface area contributed by atoms with Crippen LogP contribution in [0.4, 0.5) is 13.2 Å². The van der Waals surface area contributed by atoms with Gasteiger partial charge in [-0.3, -0.25) is 9.97 Å². The molecule has 10 aromatic rings. The minimum absolute atomic E-state index is 0.221. The summed E-state index contributed by atoms with van der Waals surface area (Å²) in [5, 5.41) is 2.06. The van der Waals surface area contributed by atoms with Gasteiger partial charge >= 0.3 is 6.18 Å². The molecule has 322 valence electrons.